The third-order valence-corrected chi connectivity index (χ3v) is 4.00. The molecule has 1 N–H and O–H groups in total. The lowest BCUT2D eigenvalue weighted by molar-refractivity contribution is -0.187. The Kier molecular flexibility index (Phi) is 2.83. The molecule has 2 saturated carbocycles. The smallest absolute Gasteiger partial charge is 0.263 e. The molecule has 0 bridgehead atoms. The van der Waals surface area contributed by atoms with Gasteiger partial charge in [-0.2, -0.15) is 18.3 Å². The maximum atomic E-state index is 13.0. The van der Waals surface area contributed by atoms with Gasteiger partial charge in [-0.15, -0.1) is 0 Å². The summed E-state index contributed by atoms with van der Waals surface area (Å²) in [6.45, 7) is 0. The molecule has 0 radical (unpaired) electrons. The highest BCUT2D eigenvalue weighted by Gasteiger charge is 2.47. The van der Waals surface area contributed by atoms with E-state index in [1.165, 1.54) is 0 Å². The predicted octanol–water partition coefficient (Wildman–Crippen LogP) is 3.52. The van der Waals surface area contributed by atoms with E-state index >= 15 is 0 Å². The van der Waals surface area contributed by atoms with Crippen LogP contribution in [0.1, 0.15) is 62.0 Å². The topological polar surface area (TPSA) is 41.6 Å². The zero-order valence-corrected chi connectivity index (χ0v) is 10.0. The van der Waals surface area contributed by atoms with Gasteiger partial charge in [0.05, 0.1) is 5.92 Å². The molecular weight excluding hydrogens is 243 g/mol. The number of rotatable bonds is 2. The molecule has 18 heavy (non-hydrogen) atoms. The Labute approximate surface area is 103 Å². The van der Waals surface area contributed by atoms with Gasteiger partial charge in [0, 0.05) is 11.8 Å². The van der Waals surface area contributed by atoms with Gasteiger partial charge in [0.15, 0.2) is 5.82 Å². The summed E-state index contributed by atoms with van der Waals surface area (Å²) in [5.74, 6) is -0.261. The van der Waals surface area contributed by atoms with E-state index in [1.807, 2.05) is 0 Å². The first-order chi connectivity index (χ1) is 8.55. The summed E-state index contributed by atoms with van der Waals surface area (Å²) in [5, 5.41) is 6.80. The summed E-state index contributed by atoms with van der Waals surface area (Å²) >= 11 is 0. The van der Waals surface area contributed by atoms with Crippen LogP contribution in [-0.4, -0.2) is 21.4 Å². The van der Waals surface area contributed by atoms with E-state index in [0.29, 0.717) is 30.4 Å². The Morgan fingerprint density at radius 1 is 1.06 bits per heavy atom. The van der Waals surface area contributed by atoms with E-state index in [2.05, 4.69) is 15.2 Å². The molecule has 6 heteroatoms. The third kappa shape index (κ3) is 2.24. The molecule has 2 unspecified atom stereocenters. The number of halogens is 3. The minimum atomic E-state index is -4.13. The van der Waals surface area contributed by atoms with E-state index in [-0.39, 0.29) is 6.42 Å². The molecule has 1 aromatic heterocycles. The van der Waals surface area contributed by atoms with Gasteiger partial charge >= 0.3 is 6.18 Å². The fraction of sp³-hybridized carbons (Fsp3) is 0.833. The maximum absolute atomic E-state index is 13.0. The van der Waals surface area contributed by atoms with Crippen molar-refractivity contribution in [2.75, 3.05) is 0 Å². The van der Waals surface area contributed by atoms with Gasteiger partial charge in [-0.3, -0.25) is 5.10 Å². The summed E-state index contributed by atoms with van der Waals surface area (Å²) < 4.78 is 39.0. The highest BCUT2D eigenvalue weighted by molar-refractivity contribution is 5.09. The van der Waals surface area contributed by atoms with Gasteiger partial charge in [0.25, 0.3) is 0 Å². The van der Waals surface area contributed by atoms with E-state index in [9.17, 15) is 13.2 Å². The molecule has 100 valence electrons. The molecule has 2 fully saturated rings. The molecule has 2 aliphatic rings. The van der Waals surface area contributed by atoms with Gasteiger partial charge < -0.3 is 0 Å². The molecule has 1 aromatic rings. The number of hydrogen-bond acceptors (Lipinski definition) is 2. The average molecular weight is 259 g/mol. The first-order valence-electron chi connectivity index (χ1n) is 6.54. The molecular formula is C12H16F3N3. The second-order valence-electron chi connectivity index (χ2n) is 5.39. The molecule has 0 spiro atoms. The molecule has 0 aromatic carbocycles. The molecule has 3 rings (SSSR count). The van der Waals surface area contributed by atoms with Crippen molar-refractivity contribution in [3.05, 3.63) is 11.6 Å². The van der Waals surface area contributed by atoms with E-state index in [4.69, 9.17) is 0 Å². The van der Waals surface area contributed by atoms with Crippen LogP contribution in [-0.2, 0) is 0 Å². The van der Waals surface area contributed by atoms with Gasteiger partial charge in [0.1, 0.15) is 5.82 Å². The van der Waals surface area contributed by atoms with Crippen LogP contribution >= 0.6 is 0 Å². The number of hydrogen-bond donors (Lipinski definition) is 1. The molecule has 3 nitrogen and oxygen atoms in total. The van der Waals surface area contributed by atoms with Crippen LogP contribution < -0.4 is 0 Å². The van der Waals surface area contributed by atoms with Crippen molar-refractivity contribution in [3.63, 3.8) is 0 Å². The maximum Gasteiger partial charge on any atom is 0.392 e. The Hall–Kier alpha value is -1.07. The largest absolute Gasteiger partial charge is 0.392 e. The molecule has 0 saturated heterocycles. The first-order valence-corrected chi connectivity index (χ1v) is 6.54. The lowest BCUT2D eigenvalue weighted by Crippen LogP contribution is -2.32. The number of aromatic amines is 1. The second kappa shape index (κ2) is 4.24. The predicted molar refractivity (Wildman–Crippen MR) is 59.1 cm³/mol. The Bertz CT molecular complexity index is 422. The minimum absolute atomic E-state index is 0.216. The molecule has 1 heterocycles. The Morgan fingerprint density at radius 2 is 1.78 bits per heavy atom. The van der Waals surface area contributed by atoms with Gasteiger partial charge in [0.2, 0.25) is 0 Å². The third-order valence-electron chi connectivity index (χ3n) is 4.00. The van der Waals surface area contributed by atoms with Crippen molar-refractivity contribution in [3.8, 4) is 0 Å². The highest BCUT2D eigenvalue weighted by Crippen LogP contribution is 2.46. The molecule has 0 amide bonds. The average Bonchev–Trinajstić information content (AvgIpc) is 3.06. The fourth-order valence-electron chi connectivity index (χ4n) is 2.83. The SMILES string of the molecule is FC(F)(F)C1CCCCC1c1nc(C2CC2)n[nH]1. The van der Waals surface area contributed by atoms with Crippen molar-refractivity contribution in [2.45, 2.75) is 56.5 Å². The van der Waals surface area contributed by atoms with Crippen LogP contribution in [0.5, 0.6) is 0 Å². The molecule has 0 aliphatic heterocycles. The van der Waals surface area contributed by atoms with Crippen LogP contribution in [0.3, 0.4) is 0 Å². The van der Waals surface area contributed by atoms with Crippen LogP contribution in [0.4, 0.5) is 13.2 Å². The number of nitrogens with one attached hydrogen (secondary N) is 1. The Balaban J connectivity index is 1.82. The normalized spacial score (nSPS) is 29.5. The quantitative estimate of drug-likeness (QED) is 0.882. The summed E-state index contributed by atoms with van der Waals surface area (Å²) in [7, 11) is 0. The van der Waals surface area contributed by atoms with Crippen molar-refractivity contribution >= 4 is 0 Å². The van der Waals surface area contributed by atoms with E-state index in [1.54, 1.807) is 0 Å². The Morgan fingerprint density at radius 3 is 2.44 bits per heavy atom. The number of nitrogens with zero attached hydrogens (tertiary/aromatic N) is 2. The van der Waals surface area contributed by atoms with E-state index in [0.717, 1.165) is 19.3 Å². The van der Waals surface area contributed by atoms with Crippen molar-refractivity contribution in [1.82, 2.24) is 15.2 Å². The van der Waals surface area contributed by atoms with Crippen LogP contribution in [0, 0.1) is 5.92 Å². The van der Waals surface area contributed by atoms with Gasteiger partial charge in [-0.25, -0.2) is 4.98 Å². The zero-order chi connectivity index (χ0) is 12.8. The summed E-state index contributed by atoms with van der Waals surface area (Å²) in [6, 6.07) is 0. The minimum Gasteiger partial charge on any atom is -0.263 e. The van der Waals surface area contributed by atoms with Crippen LogP contribution in [0.2, 0.25) is 0 Å². The number of H-pyrrole nitrogens is 1. The molecule has 2 aliphatic carbocycles. The standard InChI is InChI=1S/C12H16F3N3/c13-12(14,15)9-4-2-1-3-8(9)11-16-10(17-18-11)7-5-6-7/h7-9H,1-6H2,(H,16,17,18). The monoisotopic (exact) mass is 259 g/mol. The van der Waals surface area contributed by atoms with Gasteiger partial charge in [-0.1, -0.05) is 12.8 Å². The lowest BCUT2D eigenvalue weighted by Gasteiger charge is -2.31. The number of aromatic nitrogens is 3. The van der Waals surface area contributed by atoms with E-state index < -0.39 is 18.0 Å². The van der Waals surface area contributed by atoms with Crippen molar-refractivity contribution in [1.29, 1.82) is 0 Å². The number of alkyl halides is 3. The summed E-state index contributed by atoms with van der Waals surface area (Å²) in [5.41, 5.74) is 0. The summed E-state index contributed by atoms with van der Waals surface area (Å²) in [6.07, 6.45) is 0.269. The van der Waals surface area contributed by atoms with Crippen LogP contribution in [0.25, 0.3) is 0 Å². The van der Waals surface area contributed by atoms with Crippen LogP contribution in [0.15, 0.2) is 0 Å². The van der Waals surface area contributed by atoms with Crippen molar-refractivity contribution < 1.29 is 13.2 Å². The summed E-state index contributed by atoms with van der Waals surface area (Å²) in [4.78, 5) is 4.29. The first kappa shape index (κ1) is 12.0. The lowest BCUT2D eigenvalue weighted by atomic mass is 9.78. The zero-order valence-electron chi connectivity index (χ0n) is 10.0. The fourth-order valence-corrected chi connectivity index (χ4v) is 2.83. The van der Waals surface area contributed by atoms with Crippen molar-refractivity contribution in [2.24, 2.45) is 5.92 Å². The second-order valence-corrected chi connectivity index (χ2v) is 5.39. The highest BCUT2D eigenvalue weighted by atomic mass is 19.4. The molecule has 2 atom stereocenters. The van der Waals surface area contributed by atoms with Gasteiger partial charge in [-0.05, 0) is 25.7 Å².